The molecule has 0 atom stereocenters. The zero-order chi connectivity index (χ0) is 14.3. The van der Waals surface area contributed by atoms with Gasteiger partial charge in [0.2, 0.25) is 0 Å². The Hall–Kier alpha value is -2.37. The molecule has 20 heavy (non-hydrogen) atoms. The summed E-state index contributed by atoms with van der Waals surface area (Å²) in [6, 6.07) is 5.72. The number of carboxylic acids is 1. The molecule has 3 rings (SSSR count). The summed E-state index contributed by atoms with van der Waals surface area (Å²) >= 11 is 0. The fourth-order valence-corrected chi connectivity index (χ4v) is 2.29. The molecule has 2 fully saturated rings. The van der Waals surface area contributed by atoms with E-state index in [1.54, 1.807) is 12.1 Å². The van der Waals surface area contributed by atoms with E-state index in [0.717, 1.165) is 12.8 Å². The molecule has 1 heterocycles. The number of aromatic carboxylic acids is 1. The van der Waals surface area contributed by atoms with Crippen LogP contribution in [0, 0.1) is 5.92 Å². The van der Waals surface area contributed by atoms with Crippen molar-refractivity contribution < 1.29 is 19.5 Å². The highest BCUT2D eigenvalue weighted by molar-refractivity contribution is 6.12. The Morgan fingerprint density at radius 3 is 2.70 bits per heavy atom. The molecule has 1 N–H and O–H groups in total. The number of carbonyl (C=O) groups is 3. The molecule has 1 aliphatic carbocycles. The highest BCUT2D eigenvalue weighted by atomic mass is 16.4. The summed E-state index contributed by atoms with van der Waals surface area (Å²) in [5.74, 6) is -0.838. The van der Waals surface area contributed by atoms with E-state index >= 15 is 0 Å². The molecule has 1 saturated carbocycles. The van der Waals surface area contributed by atoms with Crippen molar-refractivity contribution in [3.8, 4) is 0 Å². The van der Waals surface area contributed by atoms with Gasteiger partial charge in [0.15, 0.2) is 0 Å². The quantitative estimate of drug-likeness (QED) is 0.845. The maximum atomic E-state index is 12.2. The number of nitrogens with zero attached hydrogens (tertiary/aromatic N) is 2. The molecule has 1 aliphatic heterocycles. The van der Waals surface area contributed by atoms with E-state index in [1.807, 2.05) is 0 Å². The van der Waals surface area contributed by atoms with Gasteiger partial charge < -0.3 is 5.11 Å². The molecule has 3 amide bonds. The molecule has 104 valence electrons. The number of hydrogen-bond donors (Lipinski definition) is 1. The lowest BCUT2D eigenvalue weighted by Gasteiger charge is -2.17. The van der Waals surface area contributed by atoms with Crippen LogP contribution in [0.4, 0.5) is 10.5 Å². The predicted octanol–water partition coefficient (Wildman–Crippen LogP) is 1.56. The second-order valence-corrected chi connectivity index (χ2v) is 5.17. The van der Waals surface area contributed by atoms with Crippen molar-refractivity contribution in [2.75, 3.05) is 18.0 Å². The fraction of sp³-hybridized carbons (Fsp3) is 0.357. The van der Waals surface area contributed by atoms with Crippen LogP contribution in [0.3, 0.4) is 0 Å². The Morgan fingerprint density at radius 2 is 2.05 bits per heavy atom. The van der Waals surface area contributed by atoms with Gasteiger partial charge in [0.05, 0.1) is 5.56 Å². The third-order valence-electron chi connectivity index (χ3n) is 3.60. The molecule has 1 aromatic rings. The van der Waals surface area contributed by atoms with Crippen molar-refractivity contribution in [3.05, 3.63) is 29.8 Å². The first-order valence-electron chi connectivity index (χ1n) is 6.51. The number of carbonyl (C=O) groups excluding carboxylic acids is 2. The lowest BCUT2D eigenvalue weighted by atomic mass is 10.2. The van der Waals surface area contributed by atoms with E-state index in [1.165, 1.54) is 21.9 Å². The van der Waals surface area contributed by atoms with Crippen molar-refractivity contribution in [2.45, 2.75) is 12.8 Å². The lowest BCUT2D eigenvalue weighted by Crippen LogP contribution is -2.34. The van der Waals surface area contributed by atoms with Gasteiger partial charge in [-0.2, -0.15) is 0 Å². The Morgan fingerprint density at radius 1 is 1.30 bits per heavy atom. The van der Waals surface area contributed by atoms with E-state index in [-0.39, 0.29) is 24.0 Å². The highest BCUT2D eigenvalue weighted by Gasteiger charge is 2.39. The number of anilines is 1. The minimum atomic E-state index is -1.06. The molecule has 1 saturated heterocycles. The van der Waals surface area contributed by atoms with Gasteiger partial charge in [0, 0.05) is 12.2 Å². The van der Waals surface area contributed by atoms with Crippen LogP contribution in [-0.4, -0.2) is 41.0 Å². The summed E-state index contributed by atoms with van der Waals surface area (Å²) in [5.41, 5.74) is 0.546. The largest absolute Gasteiger partial charge is 0.478 e. The number of amides is 3. The number of hydrogen-bond acceptors (Lipinski definition) is 3. The molecule has 6 heteroatoms. The van der Waals surface area contributed by atoms with Crippen molar-refractivity contribution in [3.63, 3.8) is 0 Å². The van der Waals surface area contributed by atoms with Gasteiger partial charge in [-0.15, -0.1) is 0 Å². The van der Waals surface area contributed by atoms with E-state index in [4.69, 9.17) is 5.11 Å². The van der Waals surface area contributed by atoms with Crippen molar-refractivity contribution in [2.24, 2.45) is 5.92 Å². The second-order valence-electron chi connectivity index (χ2n) is 5.17. The van der Waals surface area contributed by atoms with E-state index in [2.05, 4.69) is 0 Å². The van der Waals surface area contributed by atoms with Gasteiger partial charge in [-0.05, 0) is 37.0 Å². The number of benzene rings is 1. The average Bonchev–Trinajstić information content (AvgIpc) is 3.20. The van der Waals surface area contributed by atoms with Crippen LogP contribution >= 0.6 is 0 Å². The SMILES string of the molecule is O=C(O)c1cccc(N2CC(=O)N(CC3CC3)C2=O)c1. The molecule has 2 aliphatic rings. The first-order chi connectivity index (χ1) is 9.56. The van der Waals surface area contributed by atoms with Crippen LogP contribution in [-0.2, 0) is 4.79 Å². The molecule has 0 spiro atoms. The number of carboxylic acid groups (broad SMARTS) is 1. The van der Waals surface area contributed by atoms with Crippen molar-refractivity contribution in [1.82, 2.24) is 4.90 Å². The molecule has 0 unspecified atom stereocenters. The van der Waals surface area contributed by atoms with Crippen LogP contribution in [0.2, 0.25) is 0 Å². The molecule has 0 radical (unpaired) electrons. The monoisotopic (exact) mass is 274 g/mol. The first kappa shape index (κ1) is 12.7. The summed E-state index contributed by atoms with van der Waals surface area (Å²) in [7, 11) is 0. The maximum absolute atomic E-state index is 12.2. The predicted molar refractivity (Wildman–Crippen MR) is 70.6 cm³/mol. The van der Waals surface area contributed by atoms with Gasteiger partial charge in [-0.1, -0.05) is 6.07 Å². The van der Waals surface area contributed by atoms with Gasteiger partial charge in [0.25, 0.3) is 5.91 Å². The van der Waals surface area contributed by atoms with Crippen LogP contribution < -0.4 is 4.90 Å². The molecule has 6 nitrogen and oxygen atoms in total. The van der Waals surface area contributed by atoms with E-state index in [0.29, 0.717) is 18.2 Å². The van der Waals surface area contributed by atoms with Crippen LogP contribution in [0.15, 0.2) is 24.3 Å². The van der Waals surface area contributed by atoms with Crippen molar-refractivity contribution >= 4 is 23.6 Å². The maximum Gasteiger partial charge on any atom is 0.335 e. The van der Waals surface area contributed by atoms with Crippen molar-refractivity contribution in [1.29, 1.82) is 0 Å². The topological polar surface area (TPSA) is 77.9 Å². The van der Waals surface area contributed by atoms with E-state index in [9.17, 15) is 14.4 Å². The summed E-state index contributed by atoms with van der Waals surface area (Å²) in [6.07, 6.45) is 2.12. The second kappa shape index (κ2) is 4.63. The summed E-state index contributed by atoms with van der Waals surface area (Å²) in [5, 5.41) is 8.97. The van der Waals surface area contributed by atoms with Gasteiger partial charge in [-0.3, -0.25) is 14.6 Å². The summed E-state index contributed by atoms with van der Waals surface area (Å²) in [4.78, 5) is 37.7. The number of rotatable bonds is 4. The summed E-state index contributed by atoms with van der Waals surface area (Å²) in [6.45, 7) is 0.460. The molecule has 1 aromatic carbocycles. The van der Waals surface area contributed by atoms with Crippen LogP contribution in [0.25, 0.3) is 0 Å². The minimum Gasteiger partial charge on any atom is -0.478 e. The average molecular weight is 274 g/mol. The Bertz CT molecular complexity index is 595. The number of urea groups is 1. The normalized spacial score (nSPS) is 18.8. The Kier molecular flexibility index (Phi) is 2.93. The molecular formula is C14H14N2O4. The van der Waals surface area contributed by atoms with Gasteiger partial charge >= 0.3 is 12.0 Å². The van der Waals surface area contributed by atoms with Gasteiger partial charge in [0.1, 0.15) is 6.54 Å². The van der Waals surface area contributed by atoms with E-state index < -0.39 is 5.97 Å². The van der Waals surface area contributed by atoms with Crippen LogP contribution in [0.1, 0.15) is 23.2 Å². The standard InChI is InChI=1S/C14H14N2O4/c17-12-8-15(14(20)16(12)7-9-4-5-9)11-3-1-2-10(6-11)13(18)19/h1-3,6,9H,4-5,7-8H2,(H,18,19). The minimum absolute atomic E-state index is 0.0192. The third-order valence-corrected chi connectivity index (χ3v) is 3.60. The third kappa shape index (κ3) is 2.24. The van der Waals surface area contributed by atoms with Crippen LogP contribution in [0.5, 0.6) is 0 Å². The Labute approximate surface area is 115 Å². The van der Waals surface area contributed by atoms with Gasteiger partial charge in [-0.25, -0.2) is 9.59 Å². The zero-order valence-electron chi connectivity index (χ0n) is 10.8. The number of imide groups is 1. The Balaban J connectivity index is 1.83. The fourth-order valence-electron chi connectivity index (χ4n) is 2.29. The first-order valence-corrected chi connectivity index (χ1v) is 6.51. The smallest absolute Gasteiger partial charge is 0.335 e. The highest BCUT2D eigenvalue weighted by Crippen LogP contribution is 2.32. The summed E-state index contributed by atoms with van der Waals surface area (Å²) < 4.78 is 0. The zero-order valence-corrected chi connectivity index (χ0v) is 10.8. The lowest BCUT2D eigenvalue weighted by molar-refractivity contribution is -0.125. The molecule has 0 aromatic heterocycles. The molecule has 0 bridgehead atoms. The molecular weight excluding hydrogens is 260 g/mol.